The van der Waals surface area contributed by atoms with Crippen molar-refractivity contribution in [3.63, 3.8) is 0 Å². The topological polar surface area (TPSA) is 38.5 Å². The van der Waals surface area contributed by atoms with Crippen LogP contribution in [0.2, 0.25) is 0 Å². The summed E-state index contributed by atoms with van der Waals surface area (Å²) in [6.45, 7) is 1.80. The fraction of sp³-hybridized carbons (Fsp3) is 0.294. The average Bonchev–Trinajstić information content (AvgIpc) is 2.92. The summed E-state index contributed by atoms with van der Waals surface area (Å²) in [5.41, 5.74) is 10.5. The summed E-state index contributed by atoms with van der Waals surface area (Å²) < 4.78 is 5.54. The Morgan fingerprint density at radius 3 is 2.95 bits per heavy atom. The van der Waals surface area contributed by atoms with Crippen molar-refractivity contribution >= 4 is 11.4 Å². The van der Waals surface area contributed by atoms with Crippen LogP contribution in [0.25, 0.3) is 0 Å². The van der Waals surface area contributed by atoms with Gasteiger partial charge in [-0.15, -0.1) is 0 Å². The molecule has 0 fully saturated rings. The van der Waals surface area contributed by atoms with Crippen molar-refractivity contribution in [2.24, 2.45) is 0 Å². The van der Waals surface area contributed by atoms with Gasteiger partial charge < -0.3 is 15.4 Å². The van der Waals surface area contributed by atoms with Crippen LogP contribution in [0.4, 0.5) is 11.4 Å². The van der Waals surface area contributed by atoms with Crippen molar-refractivity contribution in [1.29, 1.82) is 0 Å². The number of hydrogen-bond acceptors (Lipinski definition) is 3. The maximum Gasteiger partial charge on any atom is 0.122 e. The second kappa shape index (κ2) is 5.45. The number of nitrogen functional groups attached to an aromatic ring is 1. The fourth-order valence-corrected chi connectivity index (χ4v) is 2.58. The van der Waals surface area contributed by atoms with Crippen molar-refractivity contribution < 1.29 is 4.74 Å². The monoisotopic (exact) mass is 268 g/mol. The van der Waals surface area contributed by atoms with E-state index in [4.69, 9.17) is 10.5 Å². The Morgan fingerprint density at radius 2 is 2.10 bits per heavy atom. The molecule has 3 rings (SSSR count). The number of nitrogens with zero attached hydrogens (tertiary/aromatic N) is 1. The van der Waals surface area contributed by atoms with Crippen LogP contribution < -0.4 is 15.4 Å². The maximum absolute atomic E-state index is 5.82. The summed E-state index contributed by atoms with van der Waals surface area (Å²) in [5.74, 6) is 1.05. The summed E-state index contributed by atoms with van der Waals surface area (Å²) in [4.78, 5) is 2.24. The lowest BCUT2D eigenvalue weighted by molar-refractivity contribution is 0.357. The van der Waals surface area contributed by atoms with E-state index < -0.39 is 0 Å². The van der Waals surface area contributed by atoms with Gasteiger partial charge in [0.1, 0.15) is 5.75 Å². The summed E-state index contributed by atoms with van der Waals surface area (Å²) in [5, 5.41) is 0. The van der Waals surface area contributed by atoms with Crippen LogP contribution in [0, 0.1) is 0 Å². The minimum absolute atomic E-state index is 0.809. The van der Waals surface area contributed by atoms with Crippen LogP contribution in [0.5, 0.6) is 5.75 Å². The first-order valence-corrected chi connectivity index (χ1v) is 7.04. The molecule has 0 radical (unpaired) electrons. The second-order valence-corrected chi connectivity index (χ2v) is 5.31. The number of likely N-dealkylation sites (N-methyl/N-ethyl adjacent to an activating group) is 1. The lowest BCUT2D eigenvalue weighted by atomic mass is 10.1. The van der Waals surface area contributed by atoms with Gasteiger partial charge >= 0.3 is 0 Å². The molecule has 1 heterocycles. The Kier molecular flexibility index (Phi) is 3.50. The molecule has 0 aromatic heterocycles. The smallest absolute Gasteiger partial charge is 0.122 e. The molecule has 0 saturated carbocycles. The van der Waals surface area contributed by atoms with Gasteiger partial charge in [-0.1, -0.05) is 18.2 Å². The summed E-state index contributed by atoms with van der Waals surface area (Å²) >= 11 is 0. The highest BCUT2D eigenvalue weighted by Crippen LogP contribution is 2.26. The van der Waals surface area contributed by atoms with Gasteiger partial charge in [-0.25, -0.2) is 0 Å². The highest BCUT2D eigenvalue weighted by molar-refractivity contribution is 5.55. The third-order valence-corrected chi connectivity index (χ3v) is 3.80. The molecule has 0 atom stereocenters. The van der Waals surface area contributed by atoms with Gasteiger partial charge in [0.25, 0.3) is 0 Å². The molecule has 0 unspecified atom stereocenters. The van der Waals surface area contributed by atoms with Crippen molar-refractivity contribution in [3.8, 4) is 5.75 Å². The average molecular weight is 268 g/mol. The van der Waals surface area contributed by atoms with Gasteiger partial charge in [0, 0.05) is 31.4 Å². The van der Waals surface area contributed by atoms with Gasteiger partial charge in [-0.3, -0.25) is 0 Å². The molecular weight excluding hydrogens is 248 g/mol. The number of ether oxygens (including phenoxy) is 1. The molecule has 1 aliphatic rings. The number of nitrogens with two attached hydrogens (primary N) is 1. The van der Waals surface area contributed by atoms with Gasteiger partial charge in [0.15, 0.2) is 0 Å². The van der Waals surface area contributed by atoms with Gasteiger partial charge in [-0.2, -0.15) is 0 Å². The van der Waals surface area contributed by atoms with E-state index in [1.165, 1.54) is 11.1 Å². The third kappa shape index (κ3) is 2.72. The molecule has 0 aliphatic carbocycles. The van der Waals surface area contributed by atoms with E-state index in [9.17, 15) is 0 Å². The summed E-state index contributed by atoms with van der Waals surface area (Å²) in [6.07, 6.45) is 2.06. The molecule has 0 bridgehead atoms. The minimum atomic E-state index is 0.809. The fourth-order valence-electron chi connectivity index (χ4n) is 2.58. The SMILES string of the molecule is CN(CCc1ccc2c(c1)CCO2)c1cccc(N)c1. The zero-order valence-electron chi connectivity index (χ0n) is 11.8. The quantitative estimate of drug-likeness (QED) is 0.867. The number of benzene rings is 2. The van der Waals surface area contributed by atoms with Crippen molar-refractivity contribution in [2.45, 2.75) is 12.8 Å². The first-order valence-electron chi connectivity index (χ1n) is 7.04. The van der Waals surface area contributed by atoms with Crippen molar-refractivity contribution in [1.82, 2.24) is 0 Å². The Hall–Kier alpha value is -2.16. The van der Waals surface area contributed by atoms with E-state index in [2.05, 4.69) is 36.2 Å². The first-order chi connectivity index (χ1) is 9.72. The first kappa shape index (κ1) is 12.9. The highest BCUT2D eigenvalue weighted by atomic mass is 16.5. The van der Waals surface area contributed by atoms with Crippen LogP contribution in [-0.2, 0) is 12.8 Å². The zero-order valence-corrected chi connectivity index (χ0v) is 11.8. The molecule has 3 nitrogen and oxygen atoms in total. The van der Waals surface area contributed by atoms with Crippen LogP contribution in [0.1, 0.15) is 11.1 Å². The van der Waals surface area contributed by atoms with Crippen LogP contribution in [-0.4, -0.2) is 20.2 Å². The van der Waals surface area contributed by atoms with E-state index in [0.29, 0.717) is 0 Å². The highest BCUT2D eigenvalue weighted by Gasteiger charge is 2.12. The number of fused-ring (bicyclic) bond motifs is 1. The predicted octanol–water partition coefficient (Wildman–Crippen LogP) is 2.88. The molecular formula is C17H20N2O. The van der Waals surface area contributed by atoms with E-state index in [-0.39, 0.29) is 0 Å². The van der Waals surface area contributed by atoms with Crippen molar-refractivity contribution in [3.05, 3.63) is 53.6 Å². The molecule has 20 heavy (non-hydrogen) atoms. The summed E-state index contributed by atoms with van der Waals surface area (Å²) in [6, 6.07) is 14.5. The Bertz CT molecular complexity index is 610. The molecule has 3 heteroatoms. The number of rotatable bonds is 4. The maximum atomic E-state index is 5.82. The molecule has 2 N–H and O–H groups in total. The number of anilines is 2. The van der Waals surface area contributed by atoms with Gasteiger partial charge in [-0.05, 0) is 41.8 Å². The van der Waals surface area contributed by atoms with Gasteiger partial charge in [0.2, 0.25) is 0 Å². The molecule has 104 valence electrons. The number of hydrogen-bond donors (Lipinski definition) is 1. The normalized spacial score (nSPS) is 12.8. The largest absolute Gasteiger partial charge is 0.493 e. The summed E-state index contributed by atoms with van der Waals surface area (Å²) in [7, 11) is 2.10. The molecule has 2 aromatic rings. The van der Waals surface area contributed by atoms with Crippen LogP contribution in [0.15, 0.2) is 42.5 Å². The Morgan fingerprint density at radius 1 is 1.20 bits per heavy atom. The zero-order chi connectivity index (χ0) is 13.9. The second-order valence-electron chi connectivity index (χ2n) is 5.31. The Balaban J connectivity index is 1.64. The molecule has 0 saturated heterocycles. The van der Waals surface area contributed by atoms with E-state index in [1.54, 1.807) is 0 Å². The lowest BCUT2D eigenvalue weighted by Gasteiger charge is -2.19. The van der Waals surface area contributed by atoms with E-state index in [0.717, 1.165) is 43.1 Å². The molecule has 0 amide bonds. The molecule has 0 spiro atoms. The van der Waals surface area contributed by atoms with Crippen LogP contribution >= 0.6 is 0 Å². The standard InChI is InChI=1S/C17H20N2O/c1-19(16-4-2-3-15(18)12-16)9-7-13-5-6-17-14(11-13)8-10-20-17/h2-6,11-12H,7-10,18H2,1H3. The Labute approximate surface area is 120 Å². The molecule has 1 aliphatic heterocycles. The lowest BCUT2D eigenvalue weighted by Crippen LogP contribution is -2.20. The van der Waals surface area contributed by atoms with Crippen molar-refractivity contribution in [2.75, 3.05) is 30.8 Å². The third-order valence-electron chi connectivity index (χ3n) is 3.80. The van der Waals surface area contributed by atoms with Gasteiger partial charge in [0.05, 0.1) is 6.61 Å². The van der Waals surface area contributed by atoms with E-state index in [1.807, 2.05) is 18.2 Å². The molecule has 2 aromatic carbocycles. The van der Waals surface area contributed by atoms with E-state index >= 15 is 0 Å². The van der Waals surface area contributed by atoms with Crippen LogP contribution in [0.3, 0.4) is 0 Å². The minimum Gasteiger partial charge on any atom is -0.493 e. The predicted molar refractivity (Wildman–Crippen MR) is 83.5 cm³/mol.